The van der Waals surface area contributed by atoms with Crippen LogP contribution in [0.1, 0.15) is 19.8 Å². The fourth-order valence-electron chi connectivity index (χ4n) is 3.07. The van der Waals surface area contributed by atoms with Gasteiger partial charge < -0.3 is 15.4 Å². The van der Waals surface area contributed by atoms with Crippen molar-refractivity contribution < 1.29 is 19.1 Å². The number of nitrogens with one attached hydrogen (secondary N) is 3. The quantitative estimate of drug-likeness (QED) is 0.653. The highest BCUT2D eigenvalue weighted by atomic mass is 16.5. The maximum absolute atomic E-state index is 12.9. The van der Waals surface area contributed by atoms with E-state index in [9.17, 15) is 14.4 Å². The first-order chi connectivity index (χ1) is 14.6. The summed E-state index contributed by atoms with van der Waals surface area (Å²) in [5.74, 6) is -0.425. The smallest absolute Gasteiger partial charge is 0.337 e. The van der Waals surface area contributed by atoms with Gasteiger partial charge in [0.15, 0.2) is 0 Å². The normalized spacial score (nSPS) is 13.4. The Morgan fingerprint density at radius 2 is 1.50 bits per heavy atom. The number of hydrogen-bond acceptors (Lipinski definition) is 4. The van der Waals surface area contributed by atoms with E-state index in [0.717, 1.165) is 0 Å². The summed E-state index contributed by atoms with van der Waals surface area (Å²) in [5, 5.41) is 8.15. The second-order valence-electron chi connectivity index (χ2n) is 6.54. The molecule has 0 atom stereocenters. The highest BCUT2D eigenvalue weighted by Crippen LogP contribution is 2.23. The molecule has 8 nitrogen and oxygen atoms in total. The van der Waals surface area contributed by atoms with Gasteiger partial charge in [0.1, 0.15) is 5.82 Å². The summed E-state index contributed by atoms with van der Waals surface area (Å²) in [6, 6.07) is 16.9. The van der Waals surface area contributed by atoms with Gasteiger partial charge in [0.05, 0.1) is 12.2 Å². The molecule has 0 bridgehead atoms. The van der Waals surface area contributed by atoms with Gasteiger partial charge in [-0.25, -0.2) is 14.4 Å². The Morgan fingerprint density at radius 1 is 0.900 bits per heavy atom. The zero-order valence-electron chi connectivity index (χ0n) is 16.7. The highest BCUT2D eigenvalue weighted by Gasteiger charge is 2.30. The number of benzene rings is 2. The van der Waals surface area contributed by atoms with E-state index in [1.54, 1.807) is 55.5 Å². The van der Waals surface area contributed by atoms with Crippen molar-refractivity contribution >= 4 is 29.4 Å². The predicted octanol–water partition coefficient (Wildman–Crippen LogP) is 3.91. The van der Waals surface area contributed by atoms with E-state index in [-0.39, 0.29) is 18.0 Å². The summed E-state index contributed by atoms with van der Waals surface area (Å²) in [5.41, 5.74) is 1.46. The molecule has 2 aromatic rings. The molecule has 4 amide bonds. The molecule has 0 spiro atoms. The molecule has 0 saturated carbocycles. The monoisotopic (exact) mass is 408 g/mol. The molecule has 8 heteroatoms. The SMILES string of the molecule is CCOC(=O)C1=C(NC(=O)Nc2ccccc2)N(C(=O)Nc2ccccc2)CCC1. The minimum Gasteiger partial charge on any atom is -0.463 e. The van der Waals surface area contributed by atoms with Crippen molar-refractivity contribution in [2.45, 2.75) is 19.8 Å². The van der Waals surface area contributed by atoms with Crippen LogP contribution in [0.5, 0.6) is 0 Å². The summed E-state index contributed by atoms with van der Waals surface area (Å²) < 4.78 is 5.13. The van der Waals surface area contributed by atoms with E-state index in [2.05, 4.69) is 16.0 Å². The minimum absolute atomic E-state index is 0.126. The van der Waals surface area contributed by atoms with Crippen LogP contribution in [0.4, 0.5) is 21.0 Å². The fraction of sp³-hybridized carbons (Fsp3) is 0.227. The van der Waals surface area contributed by atoms with E-state index >= 15 is 0 Å². The molecule has 0 fully saturated rings. The zero-order valence-corrected chi connectivity index (χ0v) is 16.7. The lowest BCUT2D eigenvalue weighted by Gasteiger charge is -2.31. The van der Waals surface area contributed by atoms with E-state index < -0.39 is 18.0 Å². The van der Waals surface area contributed by atoms with Crippen molar-refractivity contribution in [3.05, 3.63) is 72.1 Å². The number of amides is 4. The lowest BCUT2D eigenvalue weighted by atomic mass is 10.1. The van der Waals surface area contributed by atoms with Crippen LogP contribution in [0.3, 0.4) is 0 Å². The Bertz CT molecular complexity index is 929. The predicted molar refractivity (Wildman–Crippen MR) is 114 cm³/mol. The molecule has 0 aliphatic carbocycles. The van der Waals surface area contributed by atoms with Crippen LogP contribution in [-0.2, 0) is 9.53 Å². The van der Waals surface area contributed by atoms with Crippen LogP contribution in [0.25, 0.3) is 0 Å². The molecule has 2 aromatic carbocycles. The Labute approximate surface area is 174 Å². The molecular weight excluding hydrogens is 384 g/mol. The van der Waals surface area contributed by atoms with E-state index in [0.29, 0.717) is 30.8 Å². The van der Waals surface area contributed by atoms with Gasteiger partial charge in [-0.05, 0) is 44.0 Å². The van der Waals surface area contributed by atoms with Gasteiger partial charge in [-0.15, -0.1) is 0 Å². The lowest BCUT2D eigenvalue weighted by molar-refractivity contribution is -0.139. The van der Waals surface area contributed by atoms with Crippen LogP contribution >= 0.6 is 0 Å². The van der Waals surface area contributed by atoms with Gasteiger partial charge in [0.25, 0.3) is 0 Å². The molecule has 0 radical (unpaired) electrons. The summed E-state index contributed by atoms with van der Waals surface area (Å²) in [7, 11) is 0. The topological polar surface area (TPSA) is 99.8 Å². The lowest BCUT2D eigenvalue weighted by Crippen LogP contribution is -2.46. The Kier molecular flexibility index (Phi) is 7.05. The Morgan fingerprint density at radius 3 is 2.10 bits per heavy atom. The van der Waals surface area contributed by atoms with Crippen molar-refractivity contribution in [2.24, 2.45) is 0 Å². The van der Waals surface area contributed by atoms with Crippen LogP contribution in [0, 0.1) is 0 Å². The molecule has 3 N–H and O–H groups in total. The number of carbonyl (C=O) groups excluding carboxylic acids is 3. The van der Waals surface area contributed by atoms with Crippen LogP contribution < -0.4 is 16.0 Å². The van der Waals surface area contributed by atoms with Crippen molar-refractivity contribution in [1.82, 2.24) is 10.2 Å². The van der Waals surface area contributed by atoms with Gasteiger partial charge in [0.2, 0.25) is 0 Å². The first-order valence-electron chi connectivity index (χ1n) is 9.75. The number of urea groups is 2. The maximum atomic E-state index is 12.9. The molecule has 1 heterocycles. The molecule has 3 rings (SSSR count). The molecule has 1 aliphatic heterocycles. The van der Waals surface area contributed by atoms with Crippen LogP contribution in [0.2, 0.25) is 0 Å². The molecule has 0 unspecified atom stereocenters. The van der Waals surface area contributed by atoms with Crippen molar-refractivity contribution in [3.63, 3.8) is 0 Å². The molecule has 0 aromatic heterocycles. The first kappa shape index (κ1) is 20.9. The number of nitrogens with zero attached hydrogens (tertiary/aromatic N) is 1. The fourth-order valence-corrected chi connectivity index (χ4v) is 3.07. The molecular formula is C22H24N4O4. The highest BCUT2D eigenvalue weighted by molar-refractivity contribution is 5.97. The minimum atomic E-state index is -0.558. The van der Waals surface area contributed by atoms with Crippen LogP contribution in [0.15, 0.2) is 72.1 Å². The number of anilines is 2. The third-order valence-corrected chi connectivity index (χ3v) is 4.42. The third kappa shape index (κ3) is 5.38. The van der Waals surface area contributed by atoms with E-state index in [4.69, 9.17) is 4.74 Å². The average molecular weight is 408 g/mol. The Balaban J connectivity index is 1.84. The largest absolute Gasteiger partial charge is 0.463 e. The number of hydrogen-bond donors (Lipinski definition) is 3. The maximum Gasteiger partial charge on any atom is 0.337 e. The number of ether oxygens (including phenoxy) is 1. The van der Waals surface area contributed by atoms with Crippen molar-refractivity contribution in [3.8, 4) is 0 Å². The number of carbonyl (C=O) groups is 3. The third-order valence-electron chi connectivity index (χ3n) is 4.42. The average Bonchev–Trinajstić information content (AvgIpc) is 2.75. The zero-order chi connectivity index (χ0) is 21.3. The summed E-state index contributed by atoms with van der Waals surface area (Å²) in [6.45, 7) is 2.25. The van der Waals surface area contributed by atoms with Crippen LogP contribution in [-0.4, -0.2) is 36.1 Å². The number of rotatable bonds is 5. The molecule has 156 valence electrons. The van der Waals surface area contributed by atoms with Gasteiger partial charge >= 0.3 is 18.0 Å². The van der Waals surface area contributed by atoms with Gasteiger partial charge in [-0.2, -0.15) is 0 Å². The van der Waals surface area contributed by atoms with Crippen molar-refractivity contribution in [2.75, 3.05) is 23.8 Å². The molecule has 0 saturated heterocycles. The summed E-state index contributed by atoms with van der Waals surface area (Å²) in [4.78, 5) is 39.3. The first-order valence-corrected chi connectivity index (χ1v) is 9.75. The number of para-hydroxylation sites is 2. The second-order valence-corrected chi connectivity index (χ2v) is 6.54. The Hall–Kier alpha value is -3.81. The van der Waals surface area contributed by atoms with Gasteiger partial charge in [0, 0.05) is 17.9 Å². The van der Waals surface area contributed by atoms with Gasteiger partial charge in [-0.1, -0.05) is 36.4 Å². The second kappa shape index (κ2) is 10.1. The molecule has 1 aliphatic rings. The van der Waals surface area contributed by atoms with E-state index in [1.807, 2.05) is 12.1 Å². The summed E-state index contributed by atoms with van der Waals surface area (Å²) >= 11 is 0. The molecule has 30 heavy (non-hydrogen) atoms. The summed E-state index contributed by atoms with van der Waals surface area (Å²) in [6.07, 6.45) is 0.969. The standard InChI is InChI=1S/C22H24N4O4/c1-2-30-20(27)18-14-9-15-26(22(29)24-17-12-7-4-8-13-17)19(18)25-21(28)23-16-10-5-3-6-11-16/h3-8,10-13H,2,9,14-15H2,1H3,(H,24,29)(H2,23,25,28). The van der Waals surface area contributed by atoms with E-state index in [1.165, 1.54) is 4.90 Å². The van der Waals surface area contributed by atoms with Gasteiger partial charge in [-0.3, -0.25) is 10.2 Å². The van der Waals surface area contributed by atoms with Crippen molar-refractivity contribution in [1.29, 1.82) is 0 Å². The number of esters is 1.